The third kappa shape index (κ3) is 5.08. The van der Waals surface area contributed by atoms with Gasteiger partial charge in [-0.15, -0.1) is 0 Å². The van der Waals surface area contributed by atoms with Gasteiger partial charge in [0, 0.05) is 20.6 Å². The molecule has 1 aromatic carbocycles. The lowest BCUT2D eigenvalue weighted by Gasteiger charge is -2.09. The van der Waals surface area contributed by atoms with Crippen LogP contribution in [0, 0.1) is 0 Å². The van der Waals surface area contributed by atoms with Crippen molar-refractivity contribution < 1.29 is 4.74 Å². The summed E-state index contributed by atoms with van der Waals surface area (Å²) in [5.74, 6) is 1.76. The maximum Gasteiger partial charge on any atom is 0.190 e. The Bertz CT molecular complexity index is 377. The lowest BCUT2D eigenvalue weighted by Crippen LogP contribution is -2.35. The van der Waals surface area contributed by atoms with Gasteiger partial charge in [-0.05, 0) is 30.5 Å². The molecule has 0 saturated heterocycles. The fourth-order valence-corrected chi connectivity index (χ4v) is 1.62. The summed E-state index contributed by atoms with van der Waals surface area (Å²) in [5.41, 5.74) is 1.27. The van der Waals surface area contributed by atoms with Crippen LogP contribution in [0.2, 0.25) is 0 Å². The van der Waals surface area contributed by atoms with Gasteiger partial charge >= 0.3 is 0 Å². The highest BCUT2D eigenvalue weighted by atomic mass is 16.5. The molecule has 4 nitrogen and oxygen atoms in total. The van der Waals surface area contributed by atoms with Gasteiger partial charge in [0.15, 0.2) is 5.96 Å². The molecule has 0 fully saturated rings. The number of benzene rings is 1. The van der Waals surface area contributed by atoms with Crippen LogP contribution < -0.4 is 15.4 Å². The molecule has 0 aromatic heterocycles. The first kappa shape index (κ1) is 14.4. The van der Waals surface area contributed by atoms with Gasteiger partial charge in [0.25, 0.3) is 0 Å². The monoisotopic (exact) mass is 249 g/mol. The minimum atomic E-state index is 0.772. The minimum absolute atomic E-state index is 0.772. The summed E-state index contributed by atoms with van der Waals surface area (Å²) in [6.07, 6.45) is 1.98. The van der Waals surface area contributed by atoms with Gasteiger partial charge in [-0.25, -0.2) is 0 Å². The molecule has 0 spiro atoms. The number of hydrogen-bond acceptors (Lipinski definition) is 2. The molecular formula is C14H23N3O. The number of nitrogens with one attached hydrogen (secondary N) is 2. The van der Waals surface area contributed by atoms with Crippen molar-refractivity contribution >= 4 is 5.96 Å². The molecule has 0 aliphatic carbocycles. The Morgan fingerprint density at radius 1 is 1.39 bits per heavy atom. The van der Waals surface area contributed by atoms with E-state index >= 15 is 0 Å². The summed E-state index contributed by atoms with van der Waals surface area (Å²) in [6.45, 7) is 3.73. The van der Waals surface area contributed by atoms with Crippen LogP contribution in [0.3, 0.4) is 0 Å². The van der Waals surface area contributed by atoms with E-state index in [9.17, 15) is 0 Å². The van der Waals surface area contributed by atoms with E-state index in [-0.39, 0.29) is 0 Å². The van der Waals surface area contributed by atoms with Crippen LogP contribution in [0.4, 0.5) is 0 Å². The summed E-state index contributed by atoms with van der Waals surface area (Å²) in [6, 6.07) is 8.24. The number of rotatable bonds is 6. The predicted octanol–water partition coefficient (Wildman–Crippen LogP) is 1.81. The molecule has 0 amide bonds. The molecule has 100 valence electrons. The lowest BCUT2D eigenvalue weighted by molar-refractivity contribution is 0.317. The third-order valence-corrected chi connectivity index (χ3v) is 2.54. The number of hydrogen-bond donors (Lipinski definition) is 2. The molecule has 0 aliphatic heterocycles. The lowest BCUT2D eigenvalue weighted by atomic mass is 10.1. The quantitative estimate of drug-likeness (QED) is 0.597. The third-order valence-electron chi connectivity index (χ3n) is 2.54. The SMILES string of the molecule is CCCOc1cccc(CCNC(=NC)NC)c1. The van der Waals surface area contributed by atoms with E-state index in [1.165, 1.54) is 5.56 Å². The maximum atomic E-state index is 5.61. The molecule has 0 bridgehead atoms. The minimum Gasteiger partial charge on any atom is -0.494 e. The van der Waals surface area contributed by atoms with Gasteiger partial charge < -0.3 is 15.4 Å². The number of nitrogens with zero attached hydrogens (tertiary/aromatic N) is 1. The fraction of sp³-hybridized carbons (Fsp3) is 0.500. The van der Waals surface area contributed by atoms with Gasteiger partial charge in [-0.1, -0.05) is 19.1 Å². The van der Waals surface area contributed by atoms with E-state index in [0.717, 1.165) is 37.7 Å². The summed E-state index contributed by atoms with van der Waals surface area (Å²) < 4.78 is 5.61. The molecule has 0 atom stereocenters. The Morgan fingerprint density at radius 3 is 2.89 bits per heavy atom. The van der Waals surface area contributed by atoms with Gasteiger partial charge in [0.1, 0.15) is 5.75 Å². The maximum absolute atomic E-state index is 5.61. The van der Waals surface area contributed by atoms with Crippen molar-refractivity contribution in [3.8, 4) is 5.75 Å². The van der Waals surface area contributed by atoms with Crippen LogP contribution >= 0.6 is 0 Å². The fourth-order valence-electron chi connectivity index (χ4n) is 1.62. The van der Waals surface area contributed by atoms with Crippen molar-refractivity contribution in [3.05, 3.63) is 29.8 Å². The van der Waals surface area contributed by atoms with Crippen molar-refractivity contribution in [1.82, 2.24) is 10.6 Å². The largest absolute Gasteiger partial charge is 0.494 e. The first-order valence-electron chi connectivity index (χ1n) is 6.40. The molecule has 0 radical (unpaired) electrons. The summed E-state index contributed by atoms with van der Waals surface area (Å²) in [4.78, 5) is 4.07. The Balaban J connectivity index is 2.42. The summed E-state index contributed by atoms with van der Waals surface area (Å²) >= 11 is 0. The van der Waals surface area contributed by atoms with E-state index < -0.39 is 0 Å². The van der Waals surface area contributed by atoms with E-state index in [1.54, 1.807) is 7.05 Å². The highest BCUT2D eigenvalue weighted by Gasteiger charge is 1.98. The highest BCUT2D eigenvalue weighted by molar-refractivity contribution is 5.79. The topological polar surface area (TPSA) is 45.6 Å². The molecule has 0 aliphatic rings. The van der Waals surface area contributed by atoms with E-state index in [2.05, 4.69) is 34.7 Å². The Kier molecular flexibility index (Phi) is 6.69. The predicted molar refractivity (Wildman–Crippen MR) is 76.4 cm³/mol. The van der Waals surface area contributed by atoms with Crippen LogP contribution in [0.5, 0.6) is 5.75 Å². The number of aliphatic imine (C=N–C) groups is 1. The van der Waals surface area contributed by atoms with Crippen molar-refractivity contribution in [2.24, 2.45) is 4.99 Å². The first-order valence-corrected chi connectivity index (χ1v) is 6.40. The average Bonchev–Trinajstić information content (AvgIpc) is 2.42. The van der Waals surface area contributed by atoms with Crippen LogP contribution in [-0.2, 0) is 6.42 Å². The molecule has 4 heteroatoms. The molecular weight excluding hydrogens is 226 g/mol. The van der Waals surface area contributed by atoms with E-state index in [0.29, 0.717) is 0 Å². The van der Waals surface area contributed by atoms with Gasteiger partial charge in [-0.3, -0.25) is 4.99 Å². The van der Waals surface area contributed by atoms with Gasteiger partial charge in [0.2, 0.25) is 0 Å². The Hall–Kier alpha value is -1.71. The average molecular weight is 249 g/mol. The second-order valence-electron chi connectivity index (χ2n) is 3.99. The van der Waals surface area contributed by atoms with Crippen molar-refractivity contribution in [3.63, 3.8) is 0 Å². The van der Waals surface area contributed by atoms with Crippen molar-refractivity contribution in [1.29, 1.82) is 0 Å². The molecule has 0 saturated carbocycles. The standard InChI is InChI=1S/C14H23N3O/c1-4-10-18-13-7-5-6-12(11-13)8-9-17-14(15-2)16-3/h5-7,11H,4,8-10H2,1-3H3,(H2,15,16,17). The summed E-state index contributed by atoms with van der Waals surface area (Å²) in [5, 5.41) is 6.22. The van der Waals surface area contributed by atoms with Crippen LogP contribution in [0.25, 0.3) is 0 Å². The zero-order chi connectivity index (χ0) is 13.2. The van der Waals surface area contributed by atoms with Gasteiger partial charge in [0.05, 0.1) is 6.61 Å². The first-order chi connectivity index (χ1) is 8.80. The smallest absolute Gasteiger partial charge is 0.190 e. The number of ether oxygens (including phenoxy) is 1. The zero-order valence-electron chi connectivity index (χ0n) is 11.5. The second kappa shape index (κ2) is 8.39. The second-order valence-corrected chi connectivity index (χ2v) is 3.99. The molecule has 2 N–H and O–H groups in total. The number of guanidine groups is 1. The van der Waals surface area contributed by atoms with E-state index in [1.807, 2.05) is 19.2 Å². The zero-order valence-corrected chi connectivity index (χ0v) is 11.5. The normalized spacial score (nSPS) is 11.2. The summed E-state index contributed by atoms with van der Waals surface area (Å²) in [7, 11) is 3.62. The Morgan fingerprint density at radius 2 is 2.22 bits per heavy atom. The molecule has 0 heterocycles. The molecule has 18 heavy (non-hydrogen) atoms. The van der Waals surface area contributed by atoms with Crippen molar-refractivity contribution in [2.45, 2.75) is 19.8 Å². The van der Waals surface area contributed by atoms with Crippen LogP contribution in [0.15, 0.2) is 29.3 Å². The highest BCUT2D eigenvalue weighted by Crippen LogP contribution is 2.13. The van der Waals surface area contributed by atoms with Crippen molar-refractivity contribution in [2.75, 3.05) is 27.2 Å². The molecule has 0 unspecified atom stereocenters. The van der Waals surface area contributed by atoms with Crippen LogP contribution in [-0.4, -0.2) is 33.2 Å². The molecule has 1 rings (SSSR count). The van der Waals surface area contributed by atoms with E-state index in [4.69, 9.17) is 4.74 Å². The van der Waals surface area contributed by atoms with Crippen LogP contribution in [0.1, 0.15) is 18.9 Å². The molecule has 1 aromatic rings. The van der Waals surface area contributed by atoms with Gasteiger partial charge in [-0.2, -0.15) is 0 Å². The Labute approximate surface area is 109 Å².